The quantitative estimate of drug-likeness (QED) is 0.435. The lowest BCUT2D eigenvalue weighted by Crippen LogP contribution is -2.00. The van der Waals surface area contributed by atoms with Crippen molar-refractivity contribution in [3.8, 4) is 11.8 Å². The van der Waals surface area contributed by atoms with Gasteiger partial charge >= 0.3 is 0 Å². The zero-order valence-corrected chi connectivity index (χ0v) is 8.47. The molecule has 1 rings (SSSR count). The Balaban J connectivity index is 3.47. The molecular weight excluding hydrogens is 212 g/mol. The minimum absolute atomic E-state index is 0.0765. The van der Waals surface area contributed by atoms with Crippen LogP contribution in [0.2, 0.25) is 0 Å². The summed E-state index contributed by atoms with van der Waals surface area (Å²) >= 11 is 0. The van der Waals surface area contributed by atoms with Crippen molar-refractivity contribution < 1.29 is 14.5 Å². The van der Waals surface area contributed by atoms with E-state index in [1.807, 2.05) is 6.07 Å². The average molecular weight is 220 g/mol. The number of nitro groups is 1. The maximum atomic E-state index is 10.8. The lowest BCUT2D eigenvalue weighted by Gasteiger charge is -2.05. The number of ether oxygens (including phenoxy) is 1. The Kier molecular flexibility index (Phi) is 3.56. The van der Waals surface area contributed by atoms with E-state index in [1.54, 1.807) is 0 Å². The fraction of sp³-hybridized carbons (Fsp3) is 0.200. The Labute approximate surface area is 91.2 Å². The molecule has 0 unspecified atom stereocenters. The van der Waals surface area contributed by atoms with Crippen molar-refractivity contribution in [3.63, 3.8) is 0 Å². The number of nitrogens with zero attached hydrogens (tertiary/aromatic N) is 2. The van der Waals surface area contributed by atoms with Crippen LogP contribution >= 0.6 is 0 Å². The molecule has 0 saturated heterocycles. The van der Waals surface area contributed by atoms with Gasteiger partial charge in [0.2, 0.25) is 0 Å². The molecule has 0 heterocycles. The average Bonchev–Trinajstić information content (AvgIpc) is 2.28. The topological polar surface area (TPSA) is 93.2 Å². The van der Waals surface area contributed by atoms with Crippen molar-refractivity contribution in [1.29, 1.82) is 5.26 Å². The van der Waals surface area contributed by atoms with E-state index in [-0.39, 0.29) is 23.4 Å². The van der Waals surface area contributed by atoms with Gasteiger partial charge < -0.3 is 4.74 Å². The number of hydrogen-bond acceptors (Lipinski definition) is 5. The van der Waals surface area contributed by atoms with Gasteiger partial charge in [0.1, 0.15) is 5.75 Å². The Bertz CT molecular complexity index is 476. The molecule has 0 radical (unpaired) electrons. The Morgan fingerprint density at radius 2 is 2.31 bits per heavy atom. The van der Waals surface area contributed by atoms with E-state index >= 15 is 0 Å². The summed E-state index contributed by atoms with van der Waals surface area (Å²) in [6.07, 6.45) is 0.302. The van der Waals surface area contributed by atoms with Gasteiger partial charge in [-0.25, -0.2) is 0 Å². The van der Waals surface area contributed by atoms with Gasteiger partial charge in [-0.15, -0.1) is 0 Å². The van der Waals surface area contributed by atoms with Gasteiger partial charge in [0, 0.05) is 0 Å². The van der Waals surface area contributed by atoms with E-state index in [9.17, 15) is 14.9 Å². The smallest absolute Gasteiger partial charge is 0.283 e. The first kappa shape index (κ1) is 11.7. The summed E-state index contributed by atoms with van der Waals surface area (Å²) in [5, 5.41) is 19.3. The highest BCUT2D eigenvalue weighted by molar-refractivity contribution is 5.84. The number of hydrogen-bond donors (Lipinski definition) is 0. The van der Waals surface area contributed by atoms with Gasteiger partial charge in [0.25, 0.3) is 5.69 Å². The second-order valence-corrected chi connectivity index (χ2v) is 2.93. The fourth-order valence-electron chi connectivity index (χ4n) is 1.30. The summed E-state index contributed by atoms with van der Waals surface area (Å²) in [6, 6.07) is 4.44. The van der Waals surface area contributed by atoms with Crippen molar-refractivity contribution in [3.05, 3.63) is 33.4 Å². The zero-order valence-electron chi connectivity index (χ0n) is 8.47. The highest BCUT2D eigenvalue weighted by Gasteiger charge is 2.19. The summed E-state index contributed by atoms with van der Waals surface area (Å²) in [7, 11) is 1.36. The highest BCUT2D eigenvalue weighted by Crippen LogP contribution is 2.27. The standard InChI is InChI=1S/C10H8N2O4/c1-16-8-4-7(2-3-11)9(6-13)10(5-8)12(14)15/h4-6H,2H2,1H3. The van der Waals surface area contributed by atoms with Gasteiger partial charge in [-0.2, -0.15) is 5.26 Å². The summed E-state index contributed by atoms with van der Waals surface area (Å²) in [6.45, 7) is 0. The number of nitriles is 1. The Morgan fingerprint density at radius 1 is 1.62 bits per heavy atom. The summed E-state index contributed by atoms with van der Waals surface area (Å²) in [5.41, 5.74) is -0.129. The van der Waals surface area contributed by atoms with E-state index < -0.39 is 4.92 Å². The first-order chi connectivity index (χ1) is 7.63. The largest absolute Gasteiger partial charge is 0.496 e. The molecule has 0 bridgehead atoms. The van der Waals surface area contributed by atoms with Crippen LogP contribution in [0.4, 0.5) is 5.69 Å². The molecule has 1 aromatic rings. The SMILES string of the molecule is COc1cc(CC#N)c(C=O)c([N+](=O)[O-])c1. The molecule has 0 spiro atoms. The Morgan fingerprint density at radius 3 is 2.75 bits per heavy atom. The molecule has 0 amide bonds. The van der Waals surface area contributed by atoms with Crippen LogP contribution in [0.15, 0.2) is 12.1 Å². The maximum absolute atomic E-state index is 10.8. The number of benzene rings is 1. The number of methoxy groups -OCH3 is 1. The predicted molar refractivity (Wildman–Crippen MR) is 54.4 cm³/mol. The number of carbonyl (C=O) groups is 1. The second-order valence-electron chi connectivity index (χ2n) is 2.93. The van der Waals surface area contributed by atoms with Gasteiger partial charge in [-0.05, 0) is 11.6 Å². The van der Waals surface area contributed by atoms with Crippen LogP contribution in [0, 0.1) is 21.4 Å². The van der Waals surface area contributed by atoms with Crippen molar-refractivity contribution in [2.75, 3.05) is 7.11 Å². The number of carbonyl (C=O) groups excluding carboxylic acids is 1. The van der Waals surface area contributed by atoms with Crippen LogP contribution in [-0.4, -0.2) is 18.3 Å². The van der Waals surface area contributed by atoms with Gasteiger partial charge in [-0.1, -0.05) is 0 Å². The molecule has 0 N–H and O–H groups in total. The van der Waals surface area contributed by atoms with Crippen LogP contribution in [0.1, 0.15) is 15.9 Å². The van der Waals surface area contributed by atoms with E-state index in [2.05, 4.69) is 0 Å². The van der Waals surface area contributed by atoms with Crippen LogP contribution < -0.4 is 4.74 Å². The monoisotopic (exact) mass is 220 g/mol. The molecule has 0 fully saturated rings. The third-order valence-corrected chi connectivity index (χ3v) is 2.04. The van der Waals surface area contributed by atoms with E-state index in [1.165, 1.54) is 13.2 Å². The summed E-state index contributed by atoms with van der Waals surface area (Å²) < 4.78 is 4.86. The van der Waals surface area contributed by atoms with Gasteiger partial charge in [0.15, 0.2) is 6.29 Å². The van der Waals surface area contributed by atoms with Crippen LogP contribution in [0.25, 0.3) is 0 Å². The zero-order chi connectivity index (χ0) is 12.1. The molecule has 6 nitrogen and oxygen atoms in total. The van der Waals surface area contributed by atoms with E-state index in [0.717, 1.165) is 6.07 Å². The van der Waals surface area contributed by atoms with Crippen LogP contribution in [0.3, 0.4) is 0 Å². The minimum Gasteiger partial charge on any atom is -0.496 e. The molecule has 6 heteroatoms. The summed E-state index contributed by atoms with van der Waals surface area (Å²) in [5.74, 6) is 0.252. The molecule has 16 heavy (non-hydrogen) atoms. The third kappa shape index (κ3) is 2.15. The maximum Gasteiger partial charge on any atom is 0.283 e. The molecule has 0 aliphatic carbocycles. The first-order valence-corrected chi connectivity index (χ1v) is 4.31. The molecular formula is C10H8N2O4. The predicted octanol–water partition coefficient (Wildman–Crippen LogP) is 1.48. The fourth-order valence-corrected chi connectivity index (χ4v) is 1.30. The third-order valence-electron chi connectivity index (χ3n) is 2.04. The highest BCUT2D eigenvalue weighted by atomic mass is 16.6. The van der Waals surface area contributed by atoms with Crippen LogP contribution in [-0.2, 0) is 6.42 Å². The van der Waals surface area contributed by atoms with Gasteiger partial charge in [0.05, 0.1) is 36.2 Å². The second kappa shape index (κ2) is 4.89. The first-order valence-electron chi connectivity index (χ1n) is 4.31. The van der Waals surface area contributed by atoms with Gasteiger partial charge in [-0.3, -0.25) is 14.9 Å². The normalized spacial score (nSPS) is 9.25. The molecule has 1 aromatic carbocycles. The lowest BCUT2D eigenvalue weighted by atomic mass is 10.0. The molecule has 0 aromatic heterocycles. The Hall–Kier alpha value is -2.42. The van der Waals surface area contributed by atoms with Crippen molar-refractivity contribution >= 4 is 12.0 Å². The van der Waals surface area contributed by atoms with Crippen LogP contribution in [0.5, 0.6) is 5.75 Å². The minimum atomic E-state index is -0.673. The van der Waals surface area contributed by atoms with E-state index in [0.29, 0.717) is 11.8 Å². The number of aldehydes is 1. The molecule has 0 atom stereocenters. The van der Waals surface area contributed by atoms with E-state index in [4.69, 9.17) is 10.00 Å². The van der Waals surface area contributed by atoms with Crippen molar-refractivity contribution in [1.82, 2.24) is 0 Å². The van der Waals surface area contributed by atoms with Crippen molar-refractivity contribution in [2.24, 2.45) is 0 Å². The summed E-state index contributed by atoms with van der Waals surface area (Å²) in [4.78, 5) is 20.8. The molecule has 0 aliphatic heterocycles. The lowest BCUT2D eigenvalue weighted by molar-refractivity contribution is -0.385. The molecule has 0 aliphatic rings. The molecule has 82 valence electrons. The number of rotatable bonds is 4. The number of nitro benzene ring substituents is 1. The van der Waals surface area contributed by atoms with Crippen molar-refractivity contribution in [2.45, 2.75) is 6.42 Å². The molecule has 0 saturated carbocycles.